The van der Waals surface area contributed by atoms with Crippen LogP contribution in [0, 0.1) is 5.82 Å². The maximum Gasteiger partial charge on any atom is 0.355 e. The van der Waals surface area contributed by atoms with Gasteiger partial charge in [-0.1, -0.05) is 18.5 Å². The molecule has 0 spiro atoms. The summed E-state index contributed by atoms with van der Waals surface area (Å²) in [5.74, 6) is -1.00. The van der Waals surface area contributed by atoms with E-state index in [9.17, 15) is 9.18 Å². The van der Waals surface area contributed by atoms with E-state index in [1.165, 1.54) is 18.2 Å². The van der Waals surface area contributed by atoms with E-state index >= 15 is 0 Å². The second-order valence-electron chi connectivity index (χ2n) is 4.66. The van der Waals surface area contributed by atoms with E-state index < -0.39 is 11.8 Å². The summed E-state index contributed by atoms with van der Waals surface area (Å²) in [4.78, 5) is 12.1. The largest absolute Gasteiger partial charge is 0.456 e. The Morgan fingerprint density at radius 3 is 2.90 bits per heavy atom. The Balaban J connectivity index is 2.10. The molecule has 2 rings (SSSR count). The van der Waals surface area contributed by atoms with E-state index in [-0.39, 0.29) is 12.2 Å². The van der Waals surface area contributed by atoms with Gasteiger partial charge in [-0.2, -0.15) is 0 Å². The Morgan fingerprint density at radius 1 is 1.43 bits per heavy atom. The number of carbonyl (C=O) groups is 1. The molecule has 0 fully saturated rings. The molecule has 0 aliphatic heterocycles. The quantitative estimate of drug-likeness (QED) is 0.858. The Labute approximate surface area is 127 Å². The highest BCUT2D eigenvalue weighted by atomic mass is 35.5. The van der Waals surface area contributed by atoms with E-state index in [1.807, 2.05) is 6.92 Å². The molecule has 0 unspecified atom stereocenters. The van der Waals surface area contributed by atoms with Crippen LogP contribution in [0.5, 0.6) is 0 Å². The zero-order valence-electron chi connectivity index (χ0n) is 11.6. The zero-order chi connectivity index (χ0) is 15.4. The molecular weight excluding hydrogens is 295 g/mol. The molecule has 1 aromatic heterocycles. The third-order valence-corrected chi connectivity index (χ3v) is 3.19. The normalized spacial score (nSPS) is 10.6. The Hall–Kier alpha value is -2.01. The smallest absolute Gasteiger partial charge is 0.355 e. The molecular formula is C15H16ClFN2O2. The lowest BCUT2D eigenvalue weighted by atomic mass is 10.2. The van der Waals surface area contributed by atoms with Crippen molar-refractivity contribution in [1.82, 2.24) is 4.57 Å². The molecule has 2 N–H and O–H groups in total. The summed E-state index contributed by atoms with van der Waals surface area (Å²) in [5.41, 5.74) is 6.77. The van der Waals surface area contributed by atoms with Crippen molar-refractivity contribution < 1.29 is 13.9 Å². The topological polar surface area (TPSA) is 57.2 Å². The number of hydrogen-bond donors (Lipinski definition) is 1. The fourth-order valence-electron chi connectivity index (χ4n) is 2.00. The Bertz CT molecular complexity index is 655. The average molecular weight is 311 g/mol. The van der Waals surface area contributed by atoms with Gasteiger partial charge >= 0.3 is 5.97 Å². The van der Waals surface area contributed by atoms with Crippen molar-refractivity contribution in [2.45, 2.75) is 26.5 Å². The summed E-state index contributed by atoms with van der Waals surface area (Å²) < 4.78 is 20.4. The molecule has 4 nitrogen and oxygen atoms in total. The van der Waals surface area contributed by atoms with Gasteiger partial charge < -0.3 is 15.0 Å². The molecule has 112 valence electrons. The highest BCUT2D eigenvalue weighted by molar-refractivity contribution is 6.30. The number of anilines is 1. The number of benzene rings is 1. The number of esters is 1. The van der Waals surface area contributed by atoms with Crippen LogP contribution in [0.4, 0.5) is 10.1 Å². The SMILES string of the molecule is CCCn1cc(N)cc1C(=O)OCc1cc(Cl)ccc1F. The maximum atomic E-state index is 13.6. The van der Waals surface area contributed by atoms with Gasteiger partial charge in [0, 0.05) is 23.3 Å². The fraction of sp³-hybridized carbons (Fsp3) is 0.267. The van der Waals surface area contributed by atoms with Crippen molar-refractivity contribution in [3.8, 4) is 0 Å². The second kappa shape index (κ2) is 6.63. The summed E-state index contributed by atoms with van der Waals surface area (Å²) in [6.45, 7) is 2.47. The minimum Gasteiger partial charge on any atom is -0.456 e. The van der Waals surface area contributed by atoms with E-state index in [4.69, 9.17) is 22.1 Å². The lowest BCUT2D eigenvalue weighted by Crippen LogP contribution is -2.12. The lowest BCUT2D eigenvalue weighted by Gasteiger charge is -2.09. The van der Waals surface area contributed by atoms with Crippen LogP contribution < -0.4 is 5.73 Å². The molecule has 0 amide bonds. The average Bonchev–Trinajstić information content (AvgIpc) is 2.81. The molecule has 0 saturated carbocycles. The van der Waals surface area contributed by atoms with E-state index in [1.54, 1.807) is 16.8 Å². The van der Waals surface area contributed by atoms with Gasteiger partial charge in [-0.05, 0) is 30.7 Å². The monoisotopic (exact) mass is 310 g/mol. The first-order chi connectivity index (χ1) is 10.0. The van der Waals surface area contributed by atoms with Crippen molar-refractivity contribution in [3.63, 3.8) is 0 Å². The fourth-order valence-corrected chi connectivity index (χ4v) is 2.20. The van der Waals surface area contributed by atoms with Gasteiger partial charge in [0.25, 0.3) is 0 Å². The van der Waals surface area contributed by atoms with Gasteiger partial charge in [-0.25, -0.2) is 9.18 Å². The van der Waals surface area contributed by atoms with Gasteiger partial charge in [-0.15, -0.1) is 0 Å². The minimum atomic E-state index is -0.542. The summed E-state index contributed by atoms with van der Waals surface area (Å²) in [6, 6.07) is 5.66. The van der Waals surface area contributed by atoms with Crippen LogP contribution in [0.3, 0.4) is 0 Å². The number of aromatic nitrogens is 1. The molecule has 0 radical (unpaired) electrons. The van der Waals surface area contributed by atoms with Crippen LogP contribution in [0.1, 0.15) is 29.4 Å². The molecule has 21 heavy (non-hydrogen) atoms. The predicted molar refractivity (Wildman–Crippen MR) is 79.7 cm³/mol. The van der Waals surface area contributed by atoms with Crippen molar-refractivity contribution in [1.29, 1.82) is 0 Å². The molecule has 1 heterocycles. The molecule has 0 bridgehead atoms. The van der Waals surface area contributed by atoms with Crippen molar-refractivity contribution >= 4 is 23.3 Å². The third-order valence-electron chi connectivity index (χ3n) is 2.96. The molecule has 0 aliphatic rings. The van der Waals surface area contributed by atoms with Crippen molar-refractivity contribution in [3.05, 3.63) is 52.6 Å². The zero-order valence-corrected chi connectivity index (χ0v) is 12.4. The van der Waals surface area contributed by atoms with E-state index in [2.05, 4.69) is 0 Å². The Kier molecular flexibility index (Phi) is 4.85. The van der Waals surface area contributed by atoms with Crippen LogP contribution in [0.15, 0.2) is 30.5 Å². The Morgan fingerprint density at radius 2 is 2.19 bits per heavy atom. The van der Waals surface area contributed by atoms with Crippen molar-refractivity contribution in [2.75, 3.05) is 5.73 Å². The van der Waals surface area contributed by atoms with Gasteiger partial charge in [0.15, 0.2) is 0 Å². The molecule has 0 atom stereocenters. The van der Waals surface area contributed by atoms with Gasteiger partial charge in [-0.3, -0.25) is 0 Å². The van der Waals surface area contributed by atoms with Gasteiger partial charge in [0.05, 0.1) is 5.69 Å². The highest BCUT2D eigenvalue weighted by Crippen LogP contribution is 2.17. The molecule has 1 aromatic carbocycles. The first-order valence-electron chi connectivity index (χ1n) is 6.58. The number of carbonyl (C=O) groups excluding carboxylic acids is 1. The third kappa shape index (κ3) is 3.76. The number of nitrogens with zero attached hydrogens (tertiary/aromatic N) is 1. The number of ether oxygens (including phenoxy) is 1. The van der Waals surface area contributed by atoms with Crippen LogP contribution in [0.2, 0.25) is 5.02 Å². The highest BCUT2D eigenvalue weighted by Gasteiger charge is 2.15. The van der Waals surface area contributed by atoms with Gasteiger partial charge in [0.1, 0.15) is 18.1 Å². The molecule has 6 heteroatoms. The number of nitrogens with two attached hydrogens (primary N) is 1. The number of nitrogen functional groups attached to an aromatic ring is 1. The summed E-state index contributed by atoms with van der Waals surface area (Å²) in [6.07, 6.45) is 2.54. The van der Waals surface area contributed by atoms with Crippen LogP contribution in [-0.2, 0) is 17.9 Å². The lowest BCUT2D eigenvalue weighted by molar-refractivity contribution is 0.0456. The molecule has 0 aliphatic carbocycles. The van der Waals surface area contributed by atoms with E-state index in [0.717, 1.165) is 6.42 Å². The van der Waals surface area contributed by atoms with E-state index in [0.29, 0.717) is 22.9 Å². The standard InChI is InChI=1S/C15H16ClFN2O2/c1-2-5-19-8-12(18)7-14(19)15(20)21-9-10-6-11(16)3-4-13(10)17/h3-4,6-8H,2,5,9,18H2,1H3. The number of aryl methyl sites for hydroxylation is 1. The maximum absolute atomic E-state index is 13.6. The summed E-state index contributed by atoms with van der Waals surface area (Å²) in [7, 11) is 0. The van der Waals surface area contributed by atoms with Crippen LogP contribution >= 0.6 is 11.6 Å². The minimum absolute atomic E-state index is 0.178. The summed E-state index contributed by atoms with van der Waals surface area (Å²) >= 11 is 5.79. The first-order valence-corrected chi connectivity index (χ1v) is 6.95. The van der Waals surface area contributed by atoms with Crippen LogP contribution in [0.25, 0.3) is 0 Å². The number of halogens is 2. The predicted octanol–water partition coefficient (Wildman–Crippen LogP) is 3.63. The molecule has 0 saturated heterocycles. The summed E-state index contributed by atoms with van der Waals surface area (Å²) in [5, 5.41) is 0.390. The van der Waals surface area contributed by atoms with Gasteiger partial charge in [0.2, 0.25) is 0 Å². The first kappa shape index (κ1) is 15.4. The van der Waals surface area contributed by atoms with Crippen LogP contribution in [-0.4, -0.2) is 10.5 Å². The van der Waals surface area contributed by atoms with Crippen molar-refractivity contribution in [2.24, 2.45) is 0 Å². The second-order valence-corrected chi connectivity index (χ2v) is 5.10. The molecule has 2 aromatic rings. The number of hydrogen-bond acceptors (Lipinski definition) is 3. The number of rotatable bonds is 5.